The molecule has 0 radical (unpaired) electrons. The molecule has 2 amide bonds. The van der Waals surface area contributed by atoms with Crippen LogP contribution >= 0.6 is 11.3 Å². The van der Waals surface area contributed by atoms with E-state index in [0.29, 0.717) is 17.8 Å². The number of nitrogens with two attached hydrogens (primary N) is 1. The zero-order valence-corrected chi connectivity index (χ0v) is 22.0. The van der Waals surface area contributed by atoms with Crippen LogP contribution in [0.25, 0.3) is 21.3 Å². The van der Waals surface area contributed by atoms with E-state index in [1.807, 2.05) is 6.92 Å². The highest BCUT2D eigenvalue weighted by Gasteiger charge is 2.35. The number of aryl methyl sites for hydroxylation is 2. The summed E-state index contributed by atoms with van der Waals surface area (Å²) in [4.78, 5) is 29.5. The zero-order chi connectivity index (χ0) is 28.8. The van der Waals surface area contributed by atoms with E-state index in [-0.39, 0.29) is 38.6 Å². The van der Waals surface area contributed by atoms with Gasteiger partial charge >= 0.3 is 6.18 Å². The van der Waals surface area contributed by atoms with Crippen LogP contribution in [0.4, 0.5) is 27.6 Å². The quantitative estimate of drug-likeness (QED) is 0.278. The Bertz CT molecular complexity index is 1570. The van der Waals surface area contributed by atoms with Crippen molar-refractivity contribution in [2.45, 2.75) is 53.4 Å². The lowest BCUT2D eigenvalue weighted by Crippen LogP contribution is -2.26. The number of alkyl halides is 5. The van der Waals surface area contributed by atoms with Gasteiger partial charge in [0, 0.05) is 28.9 Å². The molecule has 0 fully saturated rings. The van der Waals surface area contributed by atoms with Gasteiger partial charge in [-0.25, -0.2) is 13.8 Å². The van der Waals surface area contributed by atoms with Crippen molar-refractivity contribution < 1.29 is 31.5 Å². The first kappa shape index (κ1) is 28.1. The second-order valence-electron chi connectivity index (χ2n) is 8.95. The van der Waals surface area contributed by atoms with Crippen LogP contribution in [0.3, 0.4) is 0 Å². The predicted octanol–water partition coefficient (Wildman–Crippen LogP) is 5.32. The van der Waals surface area contributed by atoms with Gasteiger partial charge in [-0.15, -0.1) is 11.3 Å². The number of hydrogen-bond donors (Lipinski definition) is 2. The third-order valence-electron chi connectivity index (χ3n) is 6.24. The highest BCUT2D eigenvalue weighted by Crippen LogP contribution is 2.43. The van der Waals surface area contributed by atoms with Crippen LogP contribution in [0.5, 0.6) is 0 Å². The van der Waals surface area contributed by atoms with Crippen LogP contribution < -0.4 is 11.1 Å². The minimum absolute atomic E-state index is 0.0144. The Kier molecular flexibility index (Phi) is 7.47. The number of anilines is 1. The van der Waals surface area contributed by atoms with Crippen molar-refractivity contribution in [3.63, 3.8) is 0 Å². The van der Waals surface area contributed by atoms with E-state index in [1.165, 1.54) is 26.1 Å². The van der Waals surface area contributed by atoms with E-state index in [9.17, 15) is 31.5 Å². The summed E-state index contributed by atoms with van der Waals surface area (Å²) in [6, 6.07) is 2.05. The van der Waals surface area contributed by atoms with Crippen molar-refractivity contribution in [3.05, 3.63) is 46.0 Å². The molecule has 39 heavy (non-hydrogen) atoms. The Labute approximate surface area is 222 Å². The molecule has 4 rings (SSSR count). The van der Waals surface area contributed by atoms with Crippen LogP contribution in [0.2, 0.25) is 0 Å². The van der Waals surface area contributed by atoms with Gasteiger partial charge in [-0.3, -0.25) is 19.0 Å². The Morgan fingerprint density at radius 2 is 1.85 bits per heavy atom. The summed E-state index contributed by atoms with van der Waals surface area (Å²) in [5.74, 6) is -2.46. The summed E-state index contributed by atoms with van der Waals surface area (Å²) in [6.07, 6.45) is -6.06. The van der Waals surface area contributed by atoms with Crippen molar-refractivity contribution >= 4 is 39.1 Å². The third kappa shape index (κ3) is 5.35. The summed E-state index contributed by atoms with van der Waals surface area (Å²) >= 11 is 0.754. The van der Waals surface area contributed by atoms with E-state index < -0.39 is 41.7 Å². The van der Waals surface area contributed by atoms with Gasteiger partial charge in [-0.05, 0) is 38.5 Å². The molecule has 9 nitrogen and oxygen atoms in total. The monoisotopic (exact) mass is 569 g/mol. The maximum atomic E-state index is 13.7. The number of halogens is 5. The Balaban J connectivity index is 1.79. The molecule has 208 valence electrons. The highest BCUT2D eigenvalue weighted by molar-refractivity contribution is 7.21. The number of aromatic nitrogens is 5. The predicted molar refractivity (Wildman–Crippen MR) is 134 cm³/mol. The lowest BCUT2D eigenvalue weighted by atomic mass is 10.0. The van der Waals surface area contributed by atoms with Crippen LogP contribution in [-0.2, 0) is 24.1 Å². The van der Waals surface area contributed by atoms with Gasteiger partial charge in [0.2, 0.25) is 5.91 Å². The summed E-state index contributed by atoms with van der Waals surface area (Å²) in [6.45, 7) is 6.85. The Morgan fingerprint density at radius 3 is 2.38 bits per heavy atom. The topological polar surface area (TPSA) is 121 Å². The molecule has 0 aliphatic rings. The number of carbonyl (C=O) groups excluding carboxylic acids is 2. The van der Waals surface area contributed by atoms with E-state index in [2.05, 4.69) is 20.5 Å². The standard InChI is InChI=1S/C24H24F5N7O2S/c1-5-35-12(4)14(8-31-35)13-7-15(20(25)26)32-23-17(13)18(19(39-23)21(30)37)33-22(38)10(2)9-36-11(3)6-16(34-36)24(27,28)29/h6-8,10,20H,5,9H2,1-4H3,(H2,30,37)(H,33,38). The smallest absolute Gasteiger partial charge is 0.365 e. The first-order valence-corrected chi connectivity index (χ1v) is 12.5. The second-order valence-corrected chi connectivity index (χ2v) is 9.95. The second kappa shape index (κ2) is 10.4. The summed E-state index contributed by atoms with van der Waals surface area (Å²) in [5, 5.41) is 10.7. The molecule has 0 aromatic carbocycles. The van der Waals surface area contributed by atoms with Crippen molar-refractivity contribution in [1.82, 2.24) is 24.5 Å². The average Bonchev–Trinajstić information content (AvgIpc) is 3.53. The number of nitrogens with zero attached hydrogens (tertiary/aromatic N) is 5. The fourth-order valence-corrected chi connectivity index (χ4v) is 5.20. The molecule has 4 aromatic heterocycles. The van der Waals surface area contributed by atoms with Crippen LogP contribution in [-0.4, -0.2) is 36.4 Å². The molecule has 0 spiro atoms. The molecule has 1 atom stereocenters. The van der Waals surface area contributed by atoms with Crippen LogP contribution in [0, 0.1) is 19.8 Å². The number of pyridine rings is 1. The first-order valence-electron chi connectivity index (χ1n) is 11.7. The number of primary amides is 1. The third-order valence-corrected chi connectivity index (χ3v) is 7.33. The van der Waals surface area contributed by atoms with Crippen molar-refractivity contribution in [1.29, 1.82) is 0 Å². The lowest BCUT2D eigenvalue weighted by Gasteiger charge is -2.15. The first-order chi connectivity index (χ1) is 18.2. The number of amides is 2. The van der Waals surface area contributed by atoms with Crippen LogP contribution in [0.1, 0.15) is 52.7 Å². The molecule has 0 aliphatic carbocycles. The number of fused-ring (bicyclic) bond motifs is 1. The minimum atomic E-state index is -4.64. The zero-order valence-electron chi connectivity index (χ0n) is 21.2. The van der Waals surface area contributed by atoms with Gasteiger partial charge in [-0.1, -0.05) is 6.92 Å². The molecular weight excluding hydrogens is 545 g/mol. The number of nitrogens with one attached hydrogen (secondary N) is 1. The largest absolute Gasteiger partial charge is 0.435 e. The fraction of sp³-hybridized carbons (Fsp3) is 0.375. The van der Waals surface area contributed by atoms with Crippen molar-refractivity contribution in [2.24, 2.45) is 11.7 Å². The maximum Gasteiger partial charge on any atom is 0.435 e. The SMILES string of the molecule is CCn1ncc(-c2cc(C(F)F)nc3sc(C(N)=O)c(NC(=O)C(C)Cn4nc(C(F)(F)F)cc4C)c23)c1C. The molecule has 0 saturated heterocycles. The van der Waals surface area contributed by atoms with Gasteiger partial charge in [-0.2, -0.15) is 23.4 Å². The molecular formula is C24H24F5N7O2S. The minimum Gasteiger partial charge on any atom is -0.365 e. The van der Waals surface area contributed by atoms with Crippen LogP contribution in [0.15, 0.2) is 18.3 Å². The van der Waals surface area contributed by atoms with E-state index in [4.69, 9.17) is 5.73 Å². The average molecular weight is 570 g/mol. The van der Waals surface area contributed by atoms with Gasteiger partial charge in [0.15, 0.2) is 5.69 Å². The molecule has 4 aromatic rings. The Morgan fingerprint density at radius 1 is 1.15 bits per heavy atom. The van der Waals surface area contributed by atoms with E-state index >= 15 is 0 Å². The lowest BCUT2D eigenvalue weighted by molar-refractivity contribution is -0.141. The van der Waals surface area contributed by atoms with Crippen molar-refractivity contribution in [2.75, 3.05) is 5.32 Å². The highest BCUT2D eigenvalue weighted by atomic mass is 32.1. The molecule has 0 bridgehead atoms. The molecule has 4 heterocycles. The van der Waals surface area contributed by atoms with Gasteiger partial charge in [0.05, 0.1) is 24.3 Å². The molecule has 0 aliphatic heterocycles. The van der Waals surface area contributed by atoms with Gasteiger partial charge < -0.3 is 11.1 Å². The molecule has 3 N–H and O–H groups in total. The summed E-state index contributed by atoms with van der Waals surface area (Å²) < 4.78 is 69.4. The van der Waals surface area contributed by atoms with Gasteiger partial charge in [0.1, 0.15) is 15.4 Å². The van der Waals surface area contributed by atoms with E-state index in [0.717, 1.165) is 22.1 Å². The number of rotatable bonds is 8. The van der Waals surface area contributed by atoms with E-state index in [1.54, 1.807) is 11.6 Å². The molecule has 1 unspecified atom stereocenters. The number of thiophene rings is 1. The summed E-state index contributed by atoms with van der Waals surface area (Å²) in [7, 11) is 0. The number of hydrogen-bond acceptors (Lipinski definition) is 6. The summed E-state index contributed by atoms with van der Waals surface area (Å²) in [5.41, 5.74) is 5.58. The molecule has 0 saturated carbocycles. The normalized spacial score (nSPS) is 12.9. The van der Waals surface area contributed by atoms with Crippen molar-refractivity contribution in [3.8, 4) is 11.1 Å². The number of carbonyl (C=O) groups is 2. The Hall–Kier alpha value is -3.88. The maximum absolute atomic E-state index is 13.7. The van der Waals surface area contributed by atoms with Gasteiger partial charge in [0.25, 0.3) is 12.3 Å². The molecule has 15 heteroatoms. The fourth-order valence-electron chi connectivity index (χ4n) is 4.19.